The van der Waals surface area contributed by atoms with Crippen LogP contribution in [0, 0.1) is 116 Å². The van der Waals surface area contributed by atoms with E-state index in [1.165, 1.54) is 5.56 Å². The second-order valence-electron chi connectivity index (χ2n) is 13.4. The number of esters is 1. The predicted octanol–water partition coefficient (Wildman–Crippen LogP) is 8.22. The number of halogens is 20. The van der Waals surface area contributed by atoms with E-state index in [1.54, 1.807) is 12.4 Å². The maximum absolute atomic E-state index is 15.4. The van der Waals surface area contributed by atoms with Crippen molar-refractivity contribution in [2.24, 2.45) is 0 Å². The molecule has 0 saturated carbocycles. The maximum atomic E-state index is 15.4. The van der Waals surface area contributed by atoms with Crippen molar-refractivity contribution in [1.82, 2.24) is 4.98 Å². The van der Waals surface area contributed by atoms with E-state index in [9.17, 15) is 57.5 Å². The average Bonchev–Trinajstić information content (AvgIpc) is 3.29. The van der Waals surface area contributed by atoms with Crippen LogP contribution in [0.4, 0.5) is 87.8 Å². The number of benzene rings is 5. The zero-order valence-electron chi connectivity index (χ0n) is 31.8. The zero-order chi connectivity index (χ0) is 48.6. The molecule has 1 aromatic heterocycles. The summed E-state index contributed by atoms with van der Waals surface area (Å²) in [7, 11) is 0. The van der Waals surface area contributed by atoms with Crippen molar-refractivity contribution in [3.63, 3.8) is 0 Å². The van der Waals surface area contributed by atoms with Crippen molar-refractivity contribution in [1.29, 1.82) is 0 Å². The van der Waals surface area contributed by atoms with E-state index >= 15 is 35.1 Å². The van der Waals surface area contributed by atoms with Crippen LogP contribution in [0.1, 0.15) is 35.8 Å². The highest BCUT2D eigenvalue weighted by Crippen LogP contribution is 2.30. The molecular weight excluding hydrogens is 931 g/mol. The van der Waals surface area contributed by atoms with Gasteiger partial charge < -0.3 is 4.74 Å². The summed E-state index contributed by atoms with van der Waals surface area (Å²) in [4.78, 5) is 15.9. The Bertz CT molecular complexity index is 2470. The molecule has 4 nitrogen and oxygen atoms in total. The average molecular weight is 950 g/mol. The third-order valence-corrected chi connectivity index (χ3v) is 9.62. The van der Waals surface area contributed by atoms with Gasteiger partial charge in [0.2, 0.25) is 11.9 Å². The molecule has 0 fully saturated rings. The molecule has 25 heteroatoms. The molecule has 6 aromatic rings. The standard InChI is InChI=1S/C24BF20.C16H19N2O2/c26-5-1(6(27)14(35)21(42)13(5)34)25(2-7(28)15(36)22(43)16(37)8(2)29,3-9(30)17(38)23(44)18(39)10(3)31)4-11(32)19(40)24(45)20(41)12(4)33;1-2-3-11-20-16(19)15-13-18(10-9-17-15)12-14-7-5-4-6-8-14/h;4-10,13H,2-3,11-12H2,1H3/q-1;+1. The Balaban J connectivity index is 0.000000330. The van der Waals surface area contributed by atoms with Gasteiger partial charge in [-0.05, 0) is 6.42 Å². The summed E-state index contributed by atoms with van der Waals surface area (Å²) in [5.74, 6) is -71.8. The number of rotatable bonds is 10. The fourth-order valence-corrected chi connectivity index (χ4v) is 6.69. The lowest BCUT2D eigenvalue weighted by atomic mass is 9.12. The lowest BCUT2D eigenvalue weighted by Gasteiger charge is -2.44. The Hall–Kier alpha value is -6.69. The molecule has 0 aliphatic rings. The van der Waals surface area contributed by atoms with E-state index in [2.05, 4.69) is 11.9 Å². The van der Waals surface area contributed by atoms with E-state index in [0.717, 1.165) is 12.8 Å². The molecule has 0 aliphatic heterocycles. The van der Waals surface area contributed by atoms with E-state index in [-0.39, 0.29) is 5.97 Å². The summed E-state index contributed by atoms with van der Waals surface area (Å²) in [6, 6.07) is 10.1. The van der Waals surface area contributed by atoms with Gasteiger partial charge in [-0.1, -0.05) is 43.7 Å². The number of unbranched alkanes of at least 4 members (excludes halogenated alkanes) is 1. The number of aromatic nitrogens is 2. The molecule has 0 amide bonds. The van der Waals surface area contributed by atoms with Crippen LogP contribution in [-0.2, 0) is 11.3 Å². The van der Waals surface area contributed by atoms with E-state index in [0.29, 0.717) is 18.8 Å². The summed E-state index contributed by atoms with van der Waals surface area (Å²) in [6.45, 7) is 3.21. The Labute approximate surface area is 350 Å². The van der Waals surface area contributed by atoms with Gasteiger partial charge in [0.25, 0.3) is 0 Å². The Morgan fingerprint density at radius 1 is 0.492 bits per heavy atom. The summed E-state index contributed by atoms with van der Waals surface area (Å²) < 4.78 is 301. The largest absolute Gasteiger partial charge is 0.461 e. The Morgan fingerprint density at radius 3 is 1.11 bits per heavy atom. The number of carbonyl (C=O) groups excluding carboxylic acids is 1. The monoisotopic (exact) mass is 950 g/mol. The fraction of sp³-hybridized carbons (Fsp3) is 0.125. The highest BCUT2D eigenvalue weighted by molar-refractivity contribution is 7.20. The molecule has 0 spiro atoms. The minimum atomic E-state index is -7.22. The summed E-state index contributed by atoms with van der Waals surface area (Å²) >= 11 is 0. The SMILES string of the molecule is CCCCOC(=O)c1c[n+](Cc2ccccc2)ccn1.Fc1c(F)c(F)c([B-](c2c(F)c(F)c(F)c(F)c2F)(c2c(F)c(F)c(F)c(F)c2F)c2c(F)c(F)c(F)c(F)c2F)c(F)c1F. The molecular formula is C40H19BF20N2O2. The first-order chi connectivity index (χ1) is 30.5. The van der Waals surface area contributed by atoms with Crippen molar-refractivity contribution < 1.29 is 102 Å². The van der Waals surface area contributed by atoms with Crippen molar-refractivity contribution in [3.8, 4) is 0 Å². The third-order valence-electron chi connectivity index (χ3n) is 9.62. The molecule has 0 atom stereocenters. The van der Waals surface area contributed by atoms with Gasteiger partial charge in [0, 0.05) is 5.56 Å². The van der Waals surface area contributed by atoms with Crippen LogP contribution < -0.4 is 26.4 Å². The van der Waals surface area contributed by atoms with Crippen LogP contribution in [0.5, 0.6) is 0 Å². The fourth-order valence-electron chi connectivity index (χ4n) is 6.69. The number of hydrogen-bond acceptors (Lipinski definition) is 3. The first-order valence-electron chi connectivity index (χ1n) is 17.8. The van der Waals surface area contributed by atoms with Gasteiger partial charge in [0.15, 0.2) is 82.5 Å². The van der Waals surface area contributed by atoms with Crippen LogP contribution in [-0.4, -0.2) is 23.7 Å². The highest BCUT2D eigenvalue weighted by atomic mass is 19.2. The summed E-state index contributed by atoms with van der Waals surface area (Å²) in [5.41, 5.74) is -12.8. The zero-order valence-corrected chi connectivity index (χ0v) is 31.8. The Morgan fingerprint density at radius 2 is 0.800 bits per heavy atom. The van der Waals surface area contributed by atoms with E-state index in [4.69, 9.17) is 4.74 Å². The first kappa shape index (κ1) is 49.3. The van der Waals surface area contributed by atoms with Crippen molar-refractivity contribution >= 4 is 34.0 Å². The van der Waals surface area contributed by atoms with Crippen molar-refractivity contribution in [2.45, 2.75) is 26.3 Å². The number of hydrogen-bond donors (Lipinski definition) is 0. The third kappa shape index (κ3) is 8.42. The molecule has 0 radical (unpaired) electrons. The van der Waals surface area contributed by atoms with Crippen LogP contribution >= 0.6 is 0 Å². The molecule has 0 unspecified atom stereocenters. The second-order valence-corrected chi connectivity index (χ2v) is 13.4. The smallest absolute Gasteiger partial charge is 0.363 e. The molecule has 65 heavy (non-hydrogen) atoms. The number of ether oxygens (including phenoxy) is 1. The molecule has 0 saturated heterocycles. The van der Waals surface area contributed by atoms with Crippen LogP contribution in [0.15, 0.2) is 48.9 Å². The minimum Gasteiger partial charge on any atom is -0.461 e. The molecule has 344 valence electrons. The predicted molar refractivity (Wildman–Crippen MR) is 184 cm³/mol. The van der Waals surface area contributed by atoms with E-state index < -0.39 is 144 Å². The van der Waals surface area contributed by atoms with Gasteiger partial charge >= 0.3 is 5.97 Å². The Kier molecular flexibility index (Phi) is 14.6. The topological polar surface area (TPSA) is 43.1 Å². The lowest BCUT2D eigenvalue weighted by molar-refractivity contribution is -0.689. The second kappa shape index (κ2) is 19.2. The van der Waals surface area contributed by atoms with Gasteiger partial charge in [0.1, 0.15) is 52.7 Å². The van der Waals surface area contributed by atoms with Crippen LogP contribution in [0.2, 0.25) is 0 Å². The summed E-state index contributed by atoms with van der Waals surface area (Å²) in [5, 5.41) is 0. The molecule has 5 aromatic carbocycles. The number of nitrogens with zero attached hydrogens (tertiary/aromatic N) is 2. The van der Waals surface area contributed by atoms with Gasteiger partial charge in [-0.3, -0.25) is 0 Å². The van der Waals surface area contributed by atoms with Crippen molar-refractivity contribution in [3.05, 3.63) is 177 Å². The summed E-state index contributed by atoms with van der Waals surface area (Å²) in [6.07, 6.45) is -0.145. The van der Waals surface area contributed by atoms with Gasteiger partial charge in [-0.15, -0.1) is 21.9 Å². The van der Waals surface area contributed by atoms with Gasteiger partial charge in [-0.25, -0.2) is 97.6 Å². The normalized spacial score (nSPS) is 11.5. The lowest BCUT2D eigenvalue weighted by Crippen LogP contribution is -2.81. The number of carbonyl (C=O) groups is 1. The minimum absolute atomic E-state index is 0.347. The molecule has 0 bridgehead atoms. The van der Waals surface area contributed by atoms with E-state index in [1.807, 2.05) is 41.1 Å². The van der Waals surface area contributed by atoms with Gasteiger partial charge in [0.05, 0.1) is 12.8 Å². The van der Waals surface area contributed by atoms with Gasteiger partial charge in [-0.2, -0.15) is 4.57 Å². The quantitative estimate of drug-likeness (QED) is 0.0265. The first-order valence-corrected chi connectivity index (χ1v) is 17.8. The molecule has 0 N–H and O–H groups in total. The molecule has 0 aliphatic carbocycles. The molecule has 1 heterocycles. The highest BCUT2D eigenvalue weighted by Gasteiger charge is 2.52. The van der Waals surface area contributed by atoms with Crippen molar-refractivity contribution in [2.75, 3.05) is 6.61 Å². The maximum Gasteiger partial charge on any atom is 0.363 e. The van der Waals surface area contributed by atoms with Crippen LogP contribution in [0.25, 0.3) is 0 Å². The van der Waals surface area contributed by atoms with Crippen LogP contribution in [0.3, 0.4) is 0 Å². The molecule has 6 rings (SSSR count).